The molecule has 0 saturated heterocycles. The van der Waals surface area contributed by atoms with Gasteiger partial charge >= 0.3 is 11.8 Å². The molecule has 0 fully saturated rings. The van der Waals surface area contributed by atoms with Crippen LogP contribution < -0.4 is 26.0 Å². The maximum atomic E-state index is 13.7. The van der Waals surface area contributed by atoms with E-state index < -0.39 is 35.9 Å². The van der Waals surface area contributed by atoms with Crippen molar-refractivity contribution in [2.75, 3.05) is 25.6 Å². The first kappa shape index (κ1) is 28.2. The van der Waals surface area contributed by atoms with Crippen molar-refractivity contribution in [3.8, 4) is 11.5 Å². The van der Waals surface area contributed by atoms with Crippen molar-refractivity contribution in [1.82, 2.24) is 14.0 Å². The zero-order valence-electron chi connectivity index (χ0n) is 22.3. The van der Waals surface area contributed by atoms with Gasteiger partial charge in [0.25, 0.3) is 11.5 Å². The summed E-state index contributed by atoms with van der Waals surface area (Å²) in [4.78, 5) is 51.5. The molecule has 0 unspecified atom stereocenters. The van der Waals surface area contributed by atoms with Crippen molar-refractivity contribution in [3.05, 3.63) is 92.3 Å². The third-order valence-electron chi connectivity index (χ3n) is 6.71. The lowest BCUT2D eigenvalue weighted by molar-refractivity contribution is 0.0619. The van der Waals surface area contributed by atoms with Crippen molar-refractivity contribution in [1.29, 1.82) is 0 Å². The highest BCUT2D eigenvalue weighted by atomic mass is 16.5. The average Bonchev–Trinajstić information content (AvgIpc) is 2.96. The average molecular weight is 551 g/mol. The maximum absolute atomic E-state index is 13.7. The van der Waals surface area contributed by atoms with Gasteiger partial charge in [0.15, 0.2) is 11.5 Å². The topological polar surface area (TPSA) is 152 Å². The Labute approximate surface area is 229 Å². The van der Waals surface area contributed by atoms with Gasteiger partial charge in [-0.05, 0) is 23.6 Å². The van der Waals surface area contributed by atoms with Crippen LogP contribution in [0.2, 0.25) is 0 Å². The molecule has 0 aliphatic carbocycles. The number of carboxylic acid groups (broad SMARTS) is 1. The van der Waals surface area contributed by atoms with Crippen molar-refractivity contribution in [3.63, 3.8) is 0 Å². The number of nitrogens with one attached hydrogen (secondary N) is 1. The Morgan fingerprint density at radius 3 is 2.48 bits per heavy atom. The van der Waals surface area contributed by atoms with E-state index >= 15 is 0 Å². The van der Waals surface area contributed by atoms with Gasteiger partial charge in [-0.25, -0.2) is 9.59 Å². The molecule has 3 aromatic rings. The van der Waals surface area contributed by atoms with E-state index in [1.807, 2.05) is 30.3 Å². The molecule has 1 aliphatic rings. The molecule has 210 valence electrons. The van der Waals surface area contributed by atoms with E-state index in [0.717, 1.165) is 10.1 Å². The van der Waals surface area contributed by atoms with E-state index in [1.165, 1.54) is 49.0 Å². The van der Waals surface area contributed by atoms with E-state index in [1.54, 1.807) is 6.08 Å². The lowest BCUT2D eigenvalue weighted by Crippen LogP contribution is -2.46. The van der Waals surface area contributed by atoms with Crippen LogP contribution in [-0.4, -0.2) is 62.6 Å². The Balaban J connectivity index is 1.68. The molecule has 2 aromatic carbocycles. The first-order valence-electron chi connectivity index (χ1n) is 12.4. The Kier molecular flexibility index (Phi) is 8.39. The second-order valence-electron chi connectivity index (χ2n) is 9.28. The summed E-state index contributed by atoms with van der Waals surface area (Å²) < 4.78 is 13.6. The Morgan fingerprint density at radius 2 is 1.82 bits per heavy atom. The molecule has 12 nitrogen and oxygen atoms in total. The summed E-state index contributed by atoms with van der Waals surface area (Å²) in [5.41, 5.74) is 0.807. The van der Waals surface area contributed by atoms with Gasteiger partial charge in [0, 0.05) is 32.9 Å². The quantitative estimate of drug-likeness (QED) is 0.385. The van der Waals surface area contributed by atoms with Gasteiger partial charge in [-0.1, -0.05) is 36.4 Å². The lowest BCUT2D eigenvalue weighted by Gasteiger charge is -2.35. The summed E-state index contributed by atoms with van der Waals surface area (Å²) in [7, 11) is 4.32. The largest absolute Gasteiger partial charge is 0.493 e. The fraction of sp³-hybridized carbons (Fsp3) is 0.286. The summed E-state index contributed by atoms with van der Waals surface area (Å²) >= 11 is 0. The molecule has 4 rings (SSSR count). The van der Waals surface area contributed by atoms with Crippen LogP contribution in [0.15, 0.2) is 64.3 Å². The van der Waals surface area contributed by atoms with Crippen molar-refractivity contribution in [2.45, 2.75) is 19.1 Å². The monoisotopic (exact) mass is 550 g/mol. The number of aliphatic hydroxyl groups is 1. The summed E-state index contributed by atoms with van der Waals surface area (Å²) in [6, 6.07) is 11.4. The number of methoxy groups -OCH3 is 1. The number of hydrogen-bond acceptors (Lipinski definition) is 7. The molecule has 2 amide bonds. The normalized spacial score (nSPS) is 14.8. The fourth-order valence-electron chi connectivity index (χ4n) is 4.58. The Hall–Kier alpha value is -4.84. The van der Waals surface area contributed by atoms with Crippen molar-refractivity contribution in [2.24, 2.45) is 14.1 Å². The highest BCUT2D eigenvalue weighted by molar-refractivity contribution is 6.03. The number of aliphatic hydroxyl groups excluding tert-OH is 1. The van der Waals surface area contributed by atoms with Crippen LogP contribution in [0, 0.1) is 0 Å². The van der Waals surface area contributed by atoms with Gasteiger partial charge in [-0.3, -0.25) is 19.5 Å². The van der Waals surface area contributed by atoms with Crippen LogP contribution in [0.1, 0.15) is 27.9 Å². The minimum atomic E-state index is -1.38. The minimum absolute atomic E-state index is 0.000340. The van der Waals surface area contributed by atoms with Gasteiger partial charge in [0.2, 0.25) is 0 Å². The van der Waals surface area contributed by atoms with Gasteiger partial charge in [-0.2, -0.15) is 0 Å². The molecule has 2 heterocycles. The van der Waals surface area contributed by atoms with Crippen LogP contribution >= 0.6 is 0 Å². The second-order valence-corrected chi connectivity index (χ2v) is 9.28. The third-order valence-corrected chi connectivity index (χ3v) is 6.71. The lowest BCUT2D eigenvalue weighted by atomic mass is 9.95. The summed E-state index contributed by atoms with van der Waals surface area (Å²) in [5, 5.41) is 21.9. The number of amides is 2. The summed E-state index contributed by atoms with van der Waals surface area (Å²) in [6.07, 6.45) is 1.89. The number of aromatic nitrogens is 2. The first-order valence-corrected chi connectivity index (χ1v) is 12.4. The molecular formula is C28H30N4O8. The molecule has 0 saturated carbocycles. The maximum Gasteiger partial charge on any atom is 0.409 e. The minimum Gasteiger partial charge on any atom is -0.493 e. The van der Waals surface area contributed by atoms with E-state index in [2.05, 4.69) is 5.32 Å². The van der Waals surface area contributed by atoms with Crippen LogP contribution in [0.25, 0.3) is 5.57 Å². The second kappa shape index (κ2) is 11.9. The van der Waals surface area contributed by atoms with Crippen LogP contribution in [-0.2, 0) is 20.7 Å². The number of rotatable bonds is 8. The number of carbonyl (C=O) groups excluding carboxylic acids is 1. The van der Waals surface area contributed by atoms with Crippen molar-refractivity contribution >= 4 is 23.3 Å². The van der Waals surface area contributed by atoms with E-state index in [4.69, 9.17) is 9.47 Å². The fourth-order valence-corrected chi connectivity index (χ4v) is 4.58. The van der Waals surface area contributed by atoms with Crippen LogP contribution in [0.3, 0.4) is 0 Å². The third kappa shape index (κ3) is 5.76. The summed E-state index contributed by atoms with van der Waals surface area (Å²) in [5.74, 6) is -0.103. The number of nitrogens with zero attached hydrogens (tertiary/aromatic N) is 3. The number of carbonyl (C=O) groups is 2. The molecule has 0 radical (unpaired) electrons. The molecule has 1 atom stereocenters. The van der Waals surface area contributed by atoms with E-state index in [9.17, 15) is 29.4 Å². The van der Waals surface area contributed by atoms with Gasteiger partial charge in [0.1, 0.15) is 6.61 Å². The zero-order valence-corrected chi connectivity index (χ0v) is 22.3. The predicted molar refractivity (Wildman–Crippen MR) is 147 cm³/mol. The molecule has 1 aliphatic heterocycles. The van der Waals surface area contributed by atoms with Crippen LogP contribution in [0.4, 0.5) is 10.5 Å². The molecule has 12 heteroatoms. The molecule has 0 bridgehead atoms. The highest BCUT2D eigenvalue weighted by Crippen LogP contribution is 2.36. The van der Waals surface area contributed by atoms with Gasteiger partial charge in [0.05, 0.1) is 36.6 Å². The smallest absolute Gasteiger partial charge is 0.409 e. The standard InChI is InChI=1S/C28H30N4O8/c1-30-14-21(25(34)31(2)28(30)38)18-9-10-32(19(11-18)15-33)26(35)20-12-23(39-3)24(13-22(20)29-27(36)37)40-16-17-7-5-4-6-8-17/h4-9,12-14,19,29,33H,10-11,15-16H2,1-3H3,(H,36,37)/t19-/m0/s1. The van der Waals surface area contributed by atoms with E-state index in [-0.39, 0.29) is 42.3 Å². The first-order chi connectivity index (χ1) is 19.1. The zero-order chi connectivity index (χ0) is 29.0. The molecule has 1 aromatic heterocycles. The number of hydrogen-bond donors (Lipinski definition) is 3. The predicted octanol–water partition coefficient (Wildman–Crippen LogP) is 2.05. The van der Waals surface area contributed by atoms with Gasteiger partial charge in [-0.15, -0.1) is 0 Å². The Bertz CT molecular complexity index is 1580. The molecular weight excluding hydrogens is 520 g/mol. The number of anilines is 1. The molecule has 0 spiro atoms. The molecule has 3 N–H and O–H groups in total. The SMILES string of the molecule is COc1cc(C(=O)N2CC=C(c3cn(C)c(=O)n(C)c3=O)C[C@H]2CO)c(NC(=O)O)cc1OCc1ccccc1. The van der Waals surface area contributed by atoms with E-state index in [0.29, 0.717) is 11.1 Å². The number of ether oxygens (including phenoxy) is 2. The Morgan fingerprint density at radius 1 is 1.10 bits per heavy atom. The van der Waals surface area contributed by atoms with Crippen LogP contribution in [0.5, 0.6) is 11.5 Å². The number of aryl methyl sites for hydroxylation is 1. The number of benzene rings is 2. The summed E-state index contributed by atoms with van der Waals surface area (Å²) in [6.45, 7) is -0.188. The molecule has 40 heavy (non-hydrogen) atoms. The van der Waals surface area contributed by atoms with Crippen molar-refractivity contribution < 1.29 is 29.3 Å². The highest BCUT2D eigenvalue weighted by Gasteiger charge is 2.31. The van der Waals surface area contributed by atoms with Gasteiger partial charge < -0.3 is 29.2 Å².